The summed E-state index contributed by atoms with van der Waals surface area (Å²) in [5.41, 5.74) is 6.73. The third-order valence-corrected chi connectivity index (χ3v) is 10.5. The normalized spacial score (nSPS) is 19.1. The molecule has 0 amide bonds. The minimum Gasteiger partial charge on any atom is -0.494 e. The maximum Gasteiger partial charge on any atom is 0.330 e. The molecule has 6 aromatic carbocycles. The van der Waals surface area contributed by atoms with Gasteiger partial charge in [-0.3, -0.25) is 0 Å². The lowest BCUT2D eigenvalue weighted by molar-refractivity contribution is -0.273. The second-order valence-corrected chi connectivity index (χ2v) is 14.8. The molecule has 0 bridgehead atoms. The maximum atomic E-state index is 13.2. The zero-order valence-corrected chi connectivity index (χ0v) is 33.9. The first-order valence-corrected chi connectivity index (χ1v) is 20.4. The lowest BCUT2D eigenvalue weighted by Crippen LogP contribution is -2.58. The molecule has 1 fully saturated rings. The molecule has 302 valence electrons. The summed E-state index contributed by atoms with van der Waals surface area (Å²) in [5, 5.41) is 0.636. The van der Waals surface area contributed by atoms with Crippen LogP contribution < -0.4 is 4.74 Å². The molecule has 59 heavy (non-hydrogen) atoms. The molecule has 7 rings (SSSR count). The van der Waals surface area contributed by atoms with Crippen LogP contribution in [0.25, 0.3) is 6.08 Å². The molecule has 0 aliphatic carbocycles. The molecule has 0 spiro atoms. The summed E-state index contributed by atoms with van der Waals surface area (Å²) in [6.07, 6.45) is 0.354. The fraction of sp³-hybridized carbons (Fsp3) is 0.235. The van der Waals surface area contributed by atoms with Gasteiger partial charge in [0.1, 0.15) is 42.9 Å². The summed E-state index contributed by atoms with van der Waals surface area (Å²) >= 11 is 6.89. The van der Waals surface area contributed by atoms with Crippen molar-refractivity contribution in [2.45, 2.75) is 63.7 Å². The quantitative estimate of drug-likeness (QED) is 0.0632. The van der Waals surface area contributed by atoms with Crippen LogP contribution in [0.1, 0.15) is 52.0 Å². The van der Waals surface area contributed by atoms with E-state index in [4.69, 9.17) is 40.0 Å². The highest BCUT2D eigenvalue weighted by molar-refractivity contribution is 6.31. The monoisotopic (exact) mass is 808 g/mol. The summed E-state index contributed by atoms with van der Waals surface area (Å²) in [4.78, 5) is 13.2. The Morgan fingerprint density at radius 2 is 1.17 bits per heavy atom. The number of benzene rings is 6. The van der Waals surface area contributed by atoms with Crippen LogP contribution in [0.2, 0.25) is 5.02 Å². The number of hydrogen-bond donors (Lipinski definition) is 0. The van der Waals surface area contributed by atoms with Gasteiger partial charge in [0.25, 0.3) is 0 Å². The molecule has 0 aromatic heterocycles. The Hall–Kier alpha value is -5.54. The highest BCUT2D eigenvalue weighted by atomic mass is 35.5. The molecule has 0 saturated carbocycles. The van der Waals surface area contributed by atoms with E-state index in [-0.39, 0.29) is 13.2 Å². The molecule has 8 heteroatoms. The van der Waals surface area contributed by atoms with Crippen molar-refractivity contribution < 1.29 is 33.2 Å². The molecule has 6 aromatic rings. The number of ether oxygens (including phenoxy) is 6. The van der Waals surface area contributed by atoms with Crippen LogP contribution in [0.5, 0.6) is 5.75 Å². The predicted octanol–water partition coefficient (Wildman–Crippen LogP) is 10.8. The van der Waals surface area contributed by atoms with Gasteiger partial charge in [-0.05, 0) is 76.6 Å². The van der Waals surface area contributed by atoms with Crippen molar-refractivity contribution in [1.29, 1.82) is 0 Å². The van der Waals surface area contributed by atoms with Gasteiger partial charge >= 0.3 is 5.97 Å². The van der Waals surface area contributed by atoms with Crippen LogP contribution >= 0.6 is 11.6 Å². The van der Waals surface area contributed by atoms with Crippen molar-refractivity contribution in [3.63, 3.8) is 0 Å². The number of halogens is 1. The molecule has 1 heterocycles. The van der Waals surface area contributed by atoms with Crippen LogP contribution in [-0.2, 0) is 54.7 Å². The predicted molar refractivity (Wildman–Crippen MR) is 231 cm³/mol. The van der Waals surface area contributed by atoms with Gasteiger partial charge in [-0.2, -0.15) is 0 Å². The molecule has 0 unspecified atom stereocenters. The SMILES string of the molecule is CCOc1ccc(Cc2cc([C@@H]3O[C@H](COC(=O)C=Cc4ccccc4)[C@@H](OCc4ccccc4)[C@H](OCc4ccccc4)[C@H]3OCc3ccccc3)ccc2Cl)cc1. The van der Waals surface area contributed by atoms with E-state index in [1.54, 1.807) is 6.08 Å². The molecule has 1 aliphatic rings. The zero-order chi connectivity index (χ0) is 40.7. The standard InChI is InChI=1S/C51H49ClO7/c1-2-54-44-27-23-38(24-28-44)31-43-32-42(26-29-45(43)52)48-50(57-34-40-19-11-5-12-20-40)51(58-35-41-21-13-6-14-22-41)49(56-33-39-17-9-4-10-18-39)46(59-48)36-55-47(53)30-25-37-15-7-3-8-16-37/h3-30,32,46,48-51H,2,31,33-36H2,1H3/t46-,48+,49-,50+,51+/m1/s1. The smallest absolute Gasteiger partial charge is 0.330 e. The van der Waals surface area contributed by atoms with Crippen molar-refractivity contribution in [3.8, 4) is 5.75 Å². The maximum absolute atomic E-state index is 13.2. The fourth-order valence-corrected chi connectivity index (χ4v) is 7.31. The van der Waals surface area contributed by atoms with Crippen LogP contribution in [0.3, 0.4) is 0 Å². The van der Waals surface area contributed by atoms with Gasteiger partial charge in [0.05, 0.1) is 26.4 Å². The van der Waals surface area contributed by atoms with Gasteiger partial charge in [0, 0.05) is 11.1 Å². The topological polar surface area (TPSA) is 72.5 Å². The van der Waals surface area contributed by atoms with Gasteiger partial charge in [-0.1, -0.05) is 157 Å². The number of rotatable bonds is 18. The summed E-state index contributed by atoms with van der Waals surface area (Å²) in [6.45, 7) is 3.36. The number of carbonyl (C=O) groups is 1. The first-order chi connectivity index (χ1) is 29.0. The van der Waals surface area contributed by atoms with Crippen LogP contribution in [0.15, 0.2) is 170 Å². The zero-order valence-electron chi connectivity index (χ0n) is 33.1. The lowest BCUT2D eigenvalue weighted by atomic mass is 9.89. The number of esters is 1. The summed E-state index contributed by atoms with van der Waals surface area (Å²) < 4.78 is 39.3. The average molecular weight is 809 g/mol. The molecule has 0 N–H and O–H groups in total. The van der Waals surface area contributed by atoms with Crippen LogP contribution in [0.4, 0.5) is 0 Å². The fourth-order valence-electron chi connectivity index (χ4n) is 7.13. The van der Waals surface area contributed by atoms with E-state index in [9.17, 15) is 4.79 Å². The minimum atomic E-state index is -0.736. The second kappa shape index (κ2) is 21.5. The first kappa shape index (κ1) is 41.6. The Bertz CT molecular complexity index is 2200. The van der Waals surface area contributed by atoms with Crippen molar-refractivity contribution in [3.05, 3.63) is 214 Å². The molecular formula is C51H49ClO7. The molecule has 5 atom stereocenters. The van der Waals surface area contributed by atoms with Crippen molar-refractivity contribution in [2.75, 3.05) is 13.2 Å². The van der Waals surface area contributed by atoms with Crippen LogP contribution in [0, 0.1) is 0 Å². The molecule has 0 radical (unpaired) electrons. The third-order valence-electron chi connectivity index (χ3n) is 10.1. The van der Waals surface area contributed by atoms with E-state index in [2.05, 4.69) is 18.2 Å². The van der Waals surface area contributed by atoms with E-state index < -0.39 is 36.5 Å². The molecule has 7 nitrogen and oxygen atoms in total. The first-order valence-electron chi connectivity index (χ1n) is 20.0. The van der Waals surface area contributed by atoms with E-state index in [1.807, 2.05) is 153 Å². The van der Waals surface area contributed by atoms with Gasteiger partial charge in [-0.25, -0.2) is 4.79 Å². The van der Waals surface area contributed by atoms with Crippen molar-refractivity contribution >= 4 is 23.6 Å². The summed E-state index contributed by atoms with van der Waals surface area (Å²) in [5.74, 6) is 0.321. The lowest BCUT2D eigenvalue weighted by Gasteiger charge is -2.46. The Labute approximate surface area is 352 Å². The Morgan fingerprint density at radius 1 is 0.627 bits per heavy atom. The molecular weight excluding hydrogens is 760 g/mol. The van der Waals surface area contributed by atoms with E-state index >= 15 is 0 Å². The second-order valence-electron chi connectivity index (χ2n) is 14.4. The Morgan fingerprint density at radius 3 is 1.75 bits per heavy atom. The van der Waals surface area contributed by atoms with Gasteiger partial charge < -0.3 is 28.4 Å². The van der Waals surface area contributed by atoms with E-state index in [1.165, 1.54) is 6.08 Å². The summed E-state index contributed by atoms with van der Waals surface area (Å²) in [7, 11) is 0. The van der Waals surface area contributed by atoms with Crippen LogP contribution in [-0.4, -0.2) is 43.6 Å². The number of hydrogen-bond acceptors (Lipinski definition) is 7. The Balaban J connectivity index is 1.25. The number of carbonyl (C=O) groups excluding carboxylic acids is 1. The van der Waals surface area contributed by atoms with Gasteiger partial charge in [0.15, 0.2) is 0 Å². The van der Waals surface area contributed by atoms with E-state index in [0.717, 1.165) is 44.7 Å². The van der Waals surface area contributed by atoms with Gasteiger partial charge in [-0.15, -0.1) is 0 Å². The van der Waals surface area contributed by atoms with E-state index in [0.29, 0.717) is 31.3 Å². The summed E-state index contributed by atoms with van der Waals surface area (Å²) in [6, 6.07) is 53.6. The van der Waals surface area contributed by atoms with Crippen molar-refractivity contribution in [1.82, 2.24) is 0 Å². The minimum absolute atomic E-state index is 0.0862. The van der Waals surface area contributed by atoms with Crippen molar-refractivity contribution in [2.24, 2.45) is 0 Å². The van der Waals surface area contributed by atoms with Gasteiger partial charge in [0.2, 0.25) is 0 Å². The highest BCUT2D eigenvalue weighted by Gasteiger charge is 2.49. The average Bonchev–Trinajstić information content (AvgIpc) is 3.28. The Kier molecular flexibility index (Phi) is 15.1. The molecule has 1 aliphatic heterocycles. The third kappa shape index (κ3) is 12.0. The molecule has 1 saturated heterocycles. The highest BCUT2D eigenvalue weighted by Crippen LogP contribution is 2.40. The largest absolute Gasteiger partial charge is 0.494 e.